The van der Waals surface area contributed by atoms with E-state index in [1.807, 2.05) is 0 Å². The summed E-state index contributed by atoms with van der Waals surface area (Å²) in [5, 5.41) is 11.1. The smallest absolute Gasteiger partial charge is 0.0980 e. The van der Waals surface area contributed by atoms with Gasteiger partial charge in [-0.05, 0) is 26.2 Å². The first-order valence-electron chi connectivity index (χ1n) is 4.12. The first-order chi connectivity index (χ1) is 4.42. The van der Waals surface area contributed by atoms with Gasteiger partial charge in [-0.15, -0.1) is 0 Å². The molecular weight excluding hydrogens is 124 g/mol. The molecule has 0 saturated carbocycles. The Morgan fingerprint density at radius 3 is 2.10 bits per heavy atom. The minimum atomic E-state index is -0.713. The maximum Gasteiger partial charge on any atom is 0.0980 e. The minimum Gasteiger partial charge on any atom is -0.230 e. The Morgan fingerprint density at radius 1 is 1.30 bits per heavy atom. The van der Waals surface area contributed by atoms with E-state index in [2.05, 4.69) is 13.8 Å². The first-order valence-corrected chi connectivity index (χ1v) is 4.12. The van der Waals surface area contributed by atoms with Crippen LogP contribution in [0.15, 0.2) is 0 Å². The summed E-state index contributed by atoms with van der Waals surface area (Å²) < 4.78 is 0. The van der Waals surface area contributed by atoms with E-state index in [1.54, 1.807) is 13.8 Å². The normalized spacial score (nSPS) is 12.6. The van der Waals surface area contributed by atoms with Gasteiger partial charge in [-0.1, -0.05) is 26.7 Å². The molecule has 0 N–H and O–H groups in total. The van der Waals surface area contributed by atoms with Crippen LogP contribution in [0.3, 0.4) is 0 Å². The fourth-order valence-corrected chi connectivity index (χ4v) is 0.936. The van der Waals surface area contributed by atoms with Gasteiger partial charge in [-0.2, -0.15) is 0 Å². The largest absolute Gasteiger partial charge is 0.230 e. The Balaban J connectivity index is 3.21. The van der Waals surface area contributed by atoms with Gasteiger partial charge in [0, 0.05) is 0 Å². The third kappa shape index (κ3) is 7.96. The lowest BCUT2D eigenvalue weighted by molar-refractivity contribution is -0.00556. The van der Waals surface area contributed by atoms with Gasteiger partial charge >= 0.3 is 0 Å². The summed E-state index contributed by atoms with van der Waals surface area (Å²) in [6.45, 7) is 7.90. The molecule has 0 amide bonds. The van der Waals surface area contributed by atoms with Gasteiger partial charge < -0.3 is 0 Å². The molecule has 1 radical (unpaired) electrons. The van der Waals surface area contributed by atoms with Gasteiger partial charge in [-0.3, -0.25) is 0 Å². The molecule has 0 aromatic carbocycles. The fourth-order valence-electron chi connectivity index (χ4n) is 0.936. The Kier molecular flexibility index (Phi) is 3.95. The summed E-state index contributed by atoms with van der Waals surface area (Å²) in [5.74, 6) is 0.738. The van der Waals surface area contributed by atoms with Crippen molar-refractivity contribution < 1.29 is 5.11 Å². The summed E-state index contributed by atoms with van der Waals surface area (Å²) in [5.41, 5.74) is -0.713. The second-order valence-corrected chi connectivity index (χ2v) is 4.05. The molecule has 0 fully saturated rings. The van der Waals surface area contributed by atoms with Gasteiger partial charge in [0.1, 0.15) is 0 Å². The molecule has 0 aromatic heterocycles. The average molecular weight is 143 g/mol. The molecule has 0 unspecified atom stereocenters. The van der Waals surface area contributed by atoms with Gasteiger partial charge in [0.2, 0.25) is 0 Å². The molecule has 0 heterocycles. The van der Waals surface area contributed by atoms with Crippen LogP contribution in [0, 0.1) is 5.92 Å². The number of hydrogen-bond acceptors (Lipinski definition) is 0. The Labute approximate surface area is 64.5 Å². The summed E-state index contributed by atoms with van der Waals surface area (Å²) in [6.07, 6.45) is 3.07. The van der Waals surface area contributed by atoms with Crippen molar-refractivity contribution in [1.82, 2.24) is 0 Å². The summed E-state index contributed by atoms with van der Waals surface area (Å²) in [6, 6.07) is 0. The van der Waals surface area contributed by atoms with Crippen molar-refractivity contribution in [1.29, 1.82) is 0 Å². The van der Waals surface area contributed by atoms with Crippen molar-refractivity contribution in [3.05, 3.63) is 0 Å². The van der Waals surface area contributed by atoms with E-state index >= 15 is 0 Å². The predicted molar refractivity (Wildman–Crippen MR) is 43.5 cm³/mol. The maximum atomic E-state index is 11.1. The third-order valence-corrected chi connectivity index (χ3v) is 1.56. The van der Waals surface area contributed by atoms with Crippen molar-refractivity contribution in [2.75, 3.05) is 0 Å². The molecule has 0 aliphatic carbocycles. The van der Waals surface area contributed by atoms with E-state index in [1.165, 1.54) is 6.42 Å². The van der Waals surface area contributed by atoms with Crippen molar-refractivity contribution in [2.45, 2.75) is 52.6 Å². The van der Waals surface area contributed by atoms with E-state index in [4.69, 9.17) is 0 Å². The van der Waals surface area contributed by atoms with Crippen LogP contribution in [0.5, 0.6) is 0 Å². The molecule has 1 nitrogen and oxygen atoms in total. The Bertz CT molecular complexity index is 79.2. The van der Waals surface area contributed by atoms with E-state index in [9.17, 15) is 5.11 Å². The summed E-state index contributed by atoms with van der Waals surface area (Å²) in [7, 11) is 0. The SMILES string of the molecule is CC(C)CCCC(C)(C)[O]. The summed E-state index contributed by atoms with van der Waals surface area (Å²) in [4.78, 5) is 0. The Hall–Kier alpha value is -0.0400. The molecule has 1 heteroatoms. The molecule has 10 heavy (non-hydrogen) atoms. The minimum absolute atomic E-state index is 0.713. The molecule has 0 aromatic rings. The van der Waals surface area contributed by atoms with Gasteiger partial charge in [0.05, 0.1) is 5.60 Å². The van der Waals surface area contributed by atoms with Crippen molar-refractivity contribution >= 4 is 0 Å². The zero-order chi connectivity index (χ0) is 8.20. The fraction of sp³-hybridized carbons (Fsp3) is 1.00. The van der Waals surface area contributed by atoms with Gasteiger partial charge in [0.25, 0.3) is 0 Å². The van der Waals surface area contributed by atoms with Crippen LogP contribution in [0.25, 0.3) is 0 Å². The zero-order valence-electron chi connectivity index (χ0n) is 7.61. The predicted octanol–water partition coefficient (Wildman–Crippen LogP) is 3.02. The van der Waals surface area contributed by atoms with Crippen LogP contribution in [0.4, 0.5) is 0 Å². The average Bonchev–Trinajstić information content (AvgIpc) is 1.59. The first kappa shape index (κ1) is 9.96. The van der Waals surface area contributed by atoms with E-state index < -0.39 is 5.60 Å². The monoisotopic (exact) mass is 143 g/mol. The lowest BCUT2D eigenvalue weighted by atomic mass is 9.98. The highest BCUT2D eigenvalue weighted by molar-refractivity contribution is 4.64. The summed E-state index contributed by atoms with van der Waals surface area (Å²) >= 11 is 0. The van der Waals surface area contributed by atoms with Crippen molar-refractivity contribution in [3.63, 3.8) is 0 Å². The maximum absolute atomic E-state index is 11.1. The van der Waals surface area contributed by atoms with Crippen LogP contribution < -0.4 is 0 Å². The highest BCUT2D eigenvalue weighted by atomic mass is 16.3. The standard InChI is InChI=1S/C9H19O/c1-8(2)6-5-7-9(3,4)10/h8H,5-7H2,1-4H3. The molecule has 0 rings (SSSR count). The molecule has 0 aliphatic heterocycles. The molecule has 0 spiro atoms. The molecule has 0 aliphatic rings. The van der Waals surface area contributed by atoms with E-state index in [0.29, 0.717) is 0 Å². The molecular formula is C9H19O. The topological polar surface area (TPSA) is 19.9 Å². The lowest BCUT2D eigenvalue weighted by Gasteiger charge is -2.14. The van der Waals surface area contributed by atoms with E-state index in [-0.39, 0.29) is 0 Å². The molecule has 0 atom stereocenters. The second-order valence-electron chi connectivity index (χ2n) is 4.05. The van der Waals surface area contributed by atoms with Crippen LogP contribution in [0.2, 0.25) is 0 Å². The second kappa shape index (κ2) is 3.97. The van der Waals surface area contributed by atoms with Gasteiger partial charge in [0.15, 0.2) is 0 Å². The van der Waals surface area contributed by atoms with Crippen LogP contribution in [0.1, 0.15) is 47.0 Å². The third-order valence-electron chi connectivity index (χ3n) is 1.56. The zero-order valence-corrected chi connectivity index (χ0v) is 7.61. The molecule has 61 valence electrons. The highest BCUT2D eigenvalue weighted by Gasteiger charge is 2.13. The quantitative estimate of drug-likeness (QED) is 0.576. The Morgan fingerprint density at radius 2 is 1.80 bits per heavy atom. The number of hydrogen-bond donors (Lipinski definition) is 0. The van der Waals surface area contributed by atoms with E-state index in [0.717, 1.165) is 18.8 Å². The van der Waals surface area contributed by atoms with Crippen molar-refractivity contribution in [3.8, 4) is 0 Å². The van der Waals surface area contributed by atoms with Crippen LogP contribution in [-0.4, -0.2) is 5.60 Å². The molecule has 0 saturated heterocycles. The lowest BCUT2D eigenvalue weighted by Crippen LogP contribution is -2.15. The van der Waals surface area contributed by atoms with Crippen LogP contribution in [-0.2, 0) is 5.11 Å². The van der Waals surface area contributed by atoms with Gasteiger partial charge in [-0.25, -0.2) is 5.11 Å². The number of rotatable bonds is 4. The van der Waals surface area contributed by atoms with Crippen molar-refractivity contribution in [2.24, 2.45) is 5.92 Å². The molecule has 0 bridgehead atoms. The van der Waals surface area contributed by atoms with Crippen LogP contribution >= 0.6 is 0 Å². The highest BCUT2D eigenvalue weighted by Crippen LogP contribution is 2.15.